The van der Waals surface area contributed by atoms with Crippen LogP contribution in [0.3, 0.4) is 0 Å². The number of hydrogen-bond acceptors (Lipinski definition) is 2. The van der Waals surface area contributed by atoms with Crippen LogP contribution in [0.5, 0.6) is 0 Å². The average molecular weight is 184 g/mol. The Labute approximate surface area is 75.9 Å². The average Bonchev–Trinajstić information content (AvgIpc) is 2.05. The van der Waals surface area contributed by atoms with Crippen molar-refractivity contribution in [2.24, 2.45) is 0 Å². The molecular formula is C8H6ClNO2. The minimum Gasteiger partial charge on any atom is -0.477 e. The van der Waals surface area contributed by atoms with Gasteiger partial charge in [0.1, 0.15) is 5.69 Å². The van der Waals surface area contributed by atoms with E-state index in [1.165, 1.54) is 18.3 Å². The van der Waals surface area contributed by atoms with Crippen molar-refractivity contribution in [1.82, 2.24) is 4.98 Å². The molecular weight excluding hydrogens is 178 g/mol. The number of halogens is 1. The van der Waals surface area contributed by atoms with E-state index in [1.807, 2.05) is 0 Å². The summed E-state index contributed by atoms with van der Waals surface area (Å²) < 4.78 is 0. The van der Waals surface area contributed by atoms with Gasteiger partial charge in [-0.05, 0) is 12.1 Å². The Hall–Kier alpha value is -1.53. The Bertz CT molecular complexity index is 313. The summed E-state index contributed by atoms with van der Waals surface area (Å²) in [5, 5.41) is 8.43. The van der Waals surface area contributed by atoms with E-state index in [2.05, 4.69) is 10.9 Å². The van der Waals surface area contributed by atoms with Crippen molar-refractivity contribution in [2.75, 3.05) is 0 Å². The molecule has 4 heteroatoms. The van der Waals surface area contributed by atoms with Gasteiger partial charge in [0, 0.05) is 11.8 Å². The molecule has 0 aliphatic heterocycles. The van der Waals surface area contributed by atoms with Gasteiger partial charge < -0.3 is 5.11 Å². The minimum absolute atomic E-state index is 0. The van der Waals surface area contributed by atoms with Crippen LogP contribution in [0.2, 0.25) is 0 Å². The number of rotatable bonds is 1. The van der Waals surface area contributed by atoms with Crippen LogP contribution >= 0.6 is 12.4 Å². The molecule has 1 heterocycles. The number of carbonyl (C=O) groups is 1. The zero-order chi connectivity index (χ0) is 8.27. The number of aromatic nitrogens is 1. The van der Waals surface area contributed by atoms with Gasteiger partial charge in [-0.2, -0.15) is 0 Å². The van der Waals surface area contributed by atoms with Gasteiger partial charge in [-0.15, -0.1) is 18.8 Å². The van der Waals surface area contributed by atoms with Crippen LogP contribution in [0.4, 0.5) is 0 Å². The first-order valence-electron chi connectivity index (χ1n) is 2.90. The zero-order valence-corrected chi connectivity index (χ0v) is 6.84. The Morgan fingerprint density at radius 1 is 1.58 bits per heavy atom. The molecule has 1 N–H and O–H groups in total. The van der Waals surface area contributed by atoms with Gasteiger partial charge in [0.2, 0.25) is 0 Å². The predicted octanol–water partition coefficient (Wildman–Crippen LogP) is 1.18. The van der Waals surface area contributed by atoms with Crippen molar-refractivity contribution in [3.05, 3.63) is 29.6 Å². The number of pyridine rings is 1. The topological polar surface area (TPSA) is 50.2 Å². The summed E-state index contributed by atoms with van der Waals surface area (Å²) in [6.07, 6.45) is 6.39. The summed E-state index contributed by atoms with van der Waals surface area (Å²) >= 11 is 0. The third kappa shape index (κ3) is 2.26. The molecule has 0 radical (unpaired) electrons. The molecule has 1 rings (SSSR count). The smallest absolute Gasteiger partial charge is 0.354 e. The lowest BCUT2D eigenvalue weighted by Crippen LogP contribution is -1.98. The third-order valence-electron chi connectivity index (χ3n) is 1.15. The van der Waals surface area contributed by atoms with E-state index in [0.717, 1.165) is 0 Å². The number of nitrogens with zero attached hydrogens (tertiary/aromatic N) is 1. The fraction of sp³-hybridized carbons (Fsp3) is 0. The highest BCUT2D eigenvalue weighted by atomic mass is 35.5. The van der Waals surface area contributed by atoms with Crippen LogP contribution in [0.25, 0.3) is 0 Å². The van der Waals surface area contributed by atoms with Gasteiger partial charge in [-0.1, -0.05) is 5.92 Å². The first kappa shape index (κ1) is 10.5. The predicted molar refractivity (Wildman–Crippen MR) is 46.4 cm³/mol. The van der Waals surface area contributed by atoms with Crippen molar-refractivity contribution in [3.8, 4) is 12.3 Å². The number of carboxylic acids is 1. The van der Waals surface area contributed by atoms with E-state index in [1.54, 1.807) is 0 Å². The van der Waals surface area contributed by atoms with Crippen LogP contribution in [0.15, 0.2) is 18.3 Å². The zero-order valence-electron chi connectivity index (χ0n) is 6.02. The van der Waals surface area contributed by atoms with Crippen molar-refractivity contribution >= 4 is 18.4 Å². The molecule has 3 nitrogen and oxygen atoms in total. The Balaban J connectivity index is 0.00000121. The number of hydrogen-bond donors (Lipinski definition) is 1. The lowest BCUT2D eigenvalue weighted by atomic mass is 10.2. The van der Waals surface area contributed by atoms with Gasteiger partial charge in [0.15, 0.2) is 0 Å². The summed E-state index contributed by atoms with van der Waals surface area (Å²) in [5.74, 6) is 1.29. The summed E-state index contributed by atoms with van der Waals surface area (Å²) in [5.41, 5.74) is 0.582. The van der Waals surface area contributed by atoms with Crippen LogP contribution in [0.1, 0.15) is 16.1 Å². The van der Waals surface area contributed by atoms with Crippen LogP contribution in [-0.4, -0.2) is 16.1 Å². The van der Waals surface area contributed by atoms with Gasteiger partial charge in [-0.25, -0.2) is 9.78 Å². The van der Waals surface area contributed by atoms with Crippen molar-refractivity contribution in [3.63, 3.8) is 0 Å². The Morgan fingerprint density at radius 3 is 2.58 bits per heavy atom. The second kappa shape index (κ2) is 4.37. The number of terminal acetylenes is 1. The highest BCUT2D eigenvalue weighted by Gasteiger charge is 2.01. The molecule has 1 aromatic heterocycles. The van der Waals surface area contributed by atoms with Crippen LogP contribution in [-0.2, 0) is 0 Å². The quantitative estimate of drug-likeness (QED) is 0.666. The molecule has 0 unspecified atom stereocenters. The molecule has 0 aliphatic rings. The van der Waals surface area contributed by atoms with Gasteiger partial charge in [0.25, 0.3) is 0 Å². The lowest BCUT2D eigenvalue weighted by molar-refractivity contribution is 0.0690. The Morgan fingerprint density at radius 2 is 2.25 bits per heavy atom. The van der Waals surface area contributed by atoms with E-state index in [9.17, 15) is 4.79 Å². The standard InChI is InChI=1S/C8H5NO2.ClH/c1-2-6-3-4-7(8(10)11)9-5-6;/h1,3-5H,(H,10,11);1H. The Kier molecular flexibility index (Phi) is 3.81. The molecule has 62 valence electrons. The first-order valence-corrected chi connectivity index (χ1v) is 2.90. The fourth-order valence-electron chi connectivity index (χ4n) is 0.606. The molecule has 0 saturated carbocycles. The van der Waals surface area contributed by atoms with Crippen LogP contribution in [0, 0.1) is 12.3 Å². The lowest BCUT2D eigenvalue weighted by Gasteiger charge is -1.91. The summed E-state index contributed by atoms with van der Waals surface area (Å²) in [7, 11) is 0. The molecule has 0 fully saturated rings. The fourth-order valence-corrected chi connectivity index (χ4v) is 0.606. The van der Waals surface area contributed by atoms with Crippen molar-refractivity contribution in [1.29, 1.82) is 0 Å². The van der Waals surface area contributed by atoms with E-state index < -0.39 is 5.97 Å². The van der Waals surface area contributed by atoms with Gasteiger partial charge >= 0.3 is 5.97 Å². The number of aromatic carboxylic acids is 1. The van der Waals surface area contributed by atoms with Crippen molar-refractivity contribution < 1.29 is 9.90 Å². The molecule has 1 aromatic rings. The molecule has 0 atom stereocenters. The number of carboxylic acid groups (broad SMARTS) is 1. The van der Waals surface area contributed by atoms with Crippen molar-refractivity contribution in [2.45, 2.75) is 0 Å². The normalized spacial score (nSPS) is 7.92. The minimum atomic E-state index is -1.05. The van der Waals surface area contributed by atoms with Gasteiger partial charge in [0.05, 0.1) is 0 Å². The molecule has 0 aliphatic carbocycles. The molecule has 12 heavy (non-hydrogen) atoms. The maximum absolute atomic E-state index is 10.3. The van der Waals surface area contributed by atoms with Gasteiger partial charge in [-0.3, -0.25) is 0 Å². The highest BCUT2D eigenvalue weighted by Crippen LogP contribution is 1.97. The summed E-state index contributed by atoms with van der Waals surface area (Å²) in [6, 6.07) is 2.91. The van der Waals surface area contributed by atoms with E-state index in [-0.39, 0.29) is 18.1 Å². The molecule has 0 bridgehead atoms. The largest absolute Gasteiger partial charge is 0.477 e. The second-order valence-corrected chi connectivity index (χ2v) is 1.88. The van der Waals surface area contributed by atoms with E-state index in [0.29, 0.717) is 5.56 Å². The van der Waals surface area contributed by atoms with E-state index in [4.69, 9.17) is 11.5 Å². The maximum atomic E-state index is 10.3. The second-order valence-electron chi connectivity index (χ2n) is 1.88. The van der Waals surface area contributed by atoms with E-state index >= 15 is 0 Å². The van der Waals surface area contributed by atoms with Crippen LogP contribution < -0.4 is 0 Å². The third-order valence-corrected chi connectivity index (χ3v) is 1.15. The highest BCUT2D eigenvalue weighted by molar-refractivity contribution is 5.85. The SMILES string of the molecule is C#Cc1ccc(C(=O)O)nc1.Cl. The monoisotopic (exact) mass is 183 g/mol. The molecule has 0 aromatic carbocycles. The molecule has 0 spiro atoms. The first-order chi connectivity index (χ1) is 5.24. The molecule has 0 saturated heterocycles. The maximum Gasteiger partial charge on any atom is 0.354 e. The molecule has 0 amide bonds. The summed E-state index contributed by atoms with van der Waals surface area (Å²) in [6.45, 7) is 0. The summed E-state index contributed by atoms with van der Waals surface area (Å²) in [4.78, 5) is 13.9.